The van der Waals surface area contributed by atoms with E-state index in [1.807, 2.05) is 6.92 Å². The summed E-state index contributed by atoms with van der Waals surface area (Å²) in [6.07, 6.45) is 6.01. The van der Waals surface area contributed by atoms with Gasteiger partial charge in [0.15, 0.2) is 5.82 Å². The lowest BCUT2D eigenvalue weighted by molar-refractivity contribution is -0.117. The molecule has 0 unspecified atom stereocenters. The van der Waals surface area contributed by atoms with E-state index in [0.717, 1.165) is 12.1 Å². The molecule has 0 bridgehead atoms. The van der Waals surface area contributed by atoms with Crippen molar-refractivity contribution in [3.05, 3.63) is 11.8 Å². The Labute approximate surface area is 82.1 Å². The fraction of sp³-hybridized carbons (Fsp3) is 0.400. The van der Waals surface area contributed by atoms with Gasteiger partial charge in [0.1, 0.15) is 0 Å². The zero-order valence-corrected chi connectivity index (χ0v) is 7.87. The van der Waals surface area contributed by atoms with Crippen LogP contribution < -0.4 is 5.32 Å². The Morgan fingerprint density at radius 1 is 1.86 bits per heavy atom. The van der Waals surface area contributed by atoms with Gasteiger partial charge in [-0.3, -0.25) is 9.89 Å². The van der Waals surface area contributed by atoms with Gasteiger partial charge < -0.3 is 5.32 Å². The summed E-state index contributed by atoms with van der Waals surface area (Å²) in [6, 6.07) is 1.78. The van der Waals surface area contributed by atoms with Crippen molar-refractivity contribution >= 4 is 11.7 Å². The van der Waals surface area contributed by atoms with Crippen LogP contribution in [-0.4, -0.2) is 16.1 Å². The maximum Gasteiger partial charge on any atom is 0.229 e. The van der Waals surface area contributed by atoms with Crippen molar-refractivity contribution in [3.63, 3.8) is 0 Å². The van der Waals surface area contributed by atoms with Crippen molar-refractivity contribution in [2.45, 2.75) is 13.3 Å². The molecule has 4 heteroatoms. The highest BCUT2D eigenvalue weighted by atomic mass is 16.2. The Kier molecular flexibility index (Phi) is 2.01. The molecule has 1 aliphatic carbocycles. The molecule has 14 heavy (non-hydrogen) atoms. The molecule has 1 amide bonds. The summed E-state index contributed by atoms with van der Waals surface area (Å²) in [6.45, 7) is 1.88. The van der Waals surface area contributed by atoms with Gasteiger partial charge in [0.25, 0.3) is 0 Å². The summed E-state index contributed by atoms with van der Waals surface area (Å²) in [5.74, 6) is 3.21. The van der Waals surface area contributed by atoms with Crippen LogP contribution in [0, 0.1) is 31.1 Å². The van der Waals surface area contributed by atoms with Gasteiger partial charge in [-0.1, -0.05) is 0 Å². The number of aryl methyl sites for hydroxylation is 1. The Morgan fingerprint density at radius 3 is 3.14 bits per heavy atom. The summed E-state index contributed by atoms with van der Waals surface area (Å²) < 4.78 is 0. The van der Waals surface area contributed by atoms with Crippen molar-refractivity contribution in [2.75, 3.05) is 5.32 Å². The van der Waals surface area contributed by atoms with Gasteiger partial charge in [-0.2, -0.15) is 5.10 Å². The number of carbonyl (C=O) groups excluding carboxylic acids is 1. The Morgan fingerprint density at radius 2 is 2.64 bits per heavy atom. The van der Waals surface area contributed by atoms with Gasteiger partial charge in [-0.05, 0) is 13.3 Å². The number of aromatic amines is 1. The quantitative estimate of drug-likeness (QED) is 0.680. The van der Waals surface area contributed by atoms with Crippen LogP contribution in [0.3, 0.4) is 0 Å². The van der Waals surface area contributed by atoms with Crippen LogP contribution >= 0.6 is 0 Å². The number of H-pyrrole nitrogens is 1. The van der Waals surface area contributed by atoms with Gasteiger partial charge in [0.2, 0.25) is 5.91 Å². The van der Waals surface area contributed by atoms with Gasteiger partial charge >= 0.3 is 0 Å². The fourth-order valence-corrected chi connectivity index (χ4v) is 1.37. The van der Waals surface area contributed by atoms with E-state index < -0.39 is 0 Å². The van der Waals surface area contributed by atoms with Gasteiger partial charge in [-0.15, -0.1) is 12.3 Å². The van der Waals surface area contributed by atoms with E-state index in [1.54, 1.807) is 6.07 Å². The van der Waals surface area contributed by atoms with Crippen molar-refractivity contribution in [2.24, 2.45) is 11.8 Å². The summed E-state index contributed by atoms with van der Waals surface area (Å²) in [5.41, 5.74) is 0.921. The lowest BCUT2D eigenvalue weighted by Gasteiger charge is -1.97. The van der Waals surface area contributed by atoms with Crippen molar-refractivity contribution in [1.29, 1.82) is 0 Å². The SMILES string of the molecule is C#C[C@H]1C[C@@H]1C(=O)Nc1cc(C)[nH]n1. The first kappa shape index (κ1) is 8.82. The number of aromatic nitrogens is 2. The average molecular weight is 189 g/mol. The molecule has 0 aromatic carbocycles. The molecule has 72 valence electrons. The van der Waals surface area contributed by atoms with Crippen LogP contribution in [0.4, 0.5) is 5.82 Å². The average Bonchev–Trinajstić information content (AvgIpc) is 2.85. The Bertz CT molecular complexity index is 402. The van der Waals surface area contributed by atoms with Crippen LogP contribution in [0.5, 0.6) is 0 Å². The highest BCUT2D eigenvalue weighted by Crippen LogP contribution is 2.38. The molecule has 2 rings (SSSR count). The molecule has 1 aliphatic rings. The molecule has 1 fully saturated rings. The molecule has 1 aromatic heterocycles. The molecule has 0 saturated heterocycles. The van der Waals surface area contributed by atoms with Gasteiger partial charge in [0, 0.05) is 17.7 Å². The van der Waals surface area contributed by atoms with Gasteiger partial charge in [0.05, 0.1) is 5.92 Å². The fourth-order valence-electron chi connectivity index (χ4n) is 1.37. The van der Waals surface area contributed by atoms with Crippen molar-refractivity contribution in [3.8, 4) is 12.3 Å². The van der Waals surface area contributed by atoms with Crippen LogP contribution in [0.25, 0.3) is 0 Å². The minimum atomic E-state index is -0.0283. The molecule has 0 radical (unpaired) electrons. The van der Waals surface area contributed by atoms with E-state index in [4.69, 9.17) is 6.42 Å². The second-order valence-electron chi connectivity index (χ2n) is 3.54. The van der Waals surface area contributed by atoms with E-state index >= 15 is 0 Å². The predicted octanol–water partition coefficient (Wildman–Crippen LogP) is 0.926. The number of rotatable bonds is 2. The third kappa shape index (κ3) is 1.62. The number of nitrogens with one attached hydrogen (secondary N) is 2. The molecular weight excluding hydrogens is 178 g/mol. The number of nitrogens with zero attached hydrogens (tertiary/aromatic N) is 1. The summed E-state index contributed by atoms with van der Waals surface area (Å²) in [7, 11) is 0. The standard InChI is InChI=1S/C10H11N3O/c1-3-7-5-8(7)10(14)11-9-4-6(2)12-13-9/h1,4,7-8H,5H2,2H3,(H2,11,12,13,14)/t7-,8-/m0/s1. The molecule has 2 atom stereocenters. The van der Waals surface area contributed by atoms with E-state index in [-0.39, 0.29) is 17.7 Å². The molecule has 0 aliphatic heterocycles. The number of hydrogen-bond donors (Lipinski definition) is 2. The second-order valence-corrected chi connectivity index (χ2v) is 3.54. The van der Waals surface area contributed by atoms with E-state index in [2.05, 4.69) is 21.4 Å². The maximum atomic E-state index is 11.5. The first-order valence-corrected chi connectivity index (χ1v) is 4.49. The Balaban J connectivity index is 1.93. The van der Waals surface area contributed by atoms with Gasteiger partial charge in [-0.25, -0.2) is 0 Å². The lowest BCUT2D eigenvalue weighted by Crippen LogP contribution is -2.14. The van der Waals surface area contributed by atoms with Crippen LogP contribution in [-0.2, 0) is 4.79 Å². The van der Waals surface area contributed by atoms with E-state index in [9.17, 15) is 4.79 Å². The highest BCUT2D eigenvalue weighted by Gasteiger charge is 2.41. The summed E-state index contributed by atoms with van der Waals surface area (Å²) >= 11 is 0. The predicted molar refractivity (Wildman–Crippen MR) is 52.4 cm³/mol. The van der Waals surface area contributed by atoms with Crippen LogP contribution in [0.15, 0.2) is 6.07 Å². The smallest absolute Gasteiger partial charge is 0.229 e. The molecular formula is C10H11N3O. The monoisotopic (exact) mass is 189 g/mol. The molecule has 1 aromatic rings. The first-order chi connectivity index (χ1) is 6.70. The normalized spacial score (nSPS) is 24.0. The minimum Gasteiger partial charge on any atom is -0.309 e. The molecule has 2 N–H and O–H groups in total. The van der Waals surface area contributed by atoms with E-state index in [1.165, 1.54) is 0 Å². The van der Waals surface area contributed by atoms with Crippen molar-refractivity contribution in [1.82, 2.24) is 10.2 Å². The van der Waals surface area contributed by atoms with Crippen molar-refractivity contribution < 1.29 is 4.79 Å². The largest absolute Gasteiger partial charge is 0.309 e. The maximum absolute atomic E-state index is 11.5. The number of hydrogen-bond acceptors (Lipinski definition) is 2. The third-order valence-corrected chi connectivity index (χ3v) is 2.30. The zero-order valence-electron chi connectivity index (χ0n) is 7.87. The minimum absolute atomic E-state index is 0.0167. The lowest BCUT2D eigenvalue weighted by atomic mass is 10.3. The third-order valence-electron chi connectivity index (χ3n) is 2.30. The molecule has 4 nitrogen and oxygen atoms in total. The molecule has 1 heterocycles. The molecule has 0 spiro atoms. The number of carbonyl (C=O) groups is 1. The van der Waals surface area contributed by atoms with Crippen LogP contribution in [0.1, 0.15) is 12.1 Å². The summed E-state index contributed by atoms with van der Waals surface area (Å²) in [4.78, 5) is 11.5. The number of anilines is 1. The summed E-state index contributed by atoms with van der Waals surface area (Å²) in [5, 5.41) is 9.37. The zero-order chi connectivity index (χ0) is 10.1. The topological polar surface area (TPSA) is 57.8 Å². The van der Waals surface area contributed by atoms with Crippen LogP contribution in [0.2, 0.25) is 0 Å². The second kappa shape index (κ2) is 3.18. The number of amides is 1. The first-order valence-electron chi connectivity index (χ1n) is 4.49. The highest BCUT2D eigenvalue weighted by molar-refractivity contribution is 5.94. The van der Waals surface area contributed by atoms with E-state index in [0.29, 0.717) is 5.82 Å². The molecule has 1 saturated carbocycles. The Hall–Kier alpha value is -1.76. The number of terminal acetylenes is 1.